The third-order valence-corrected chi connectivity index (χ3v) is 6.69. The van der Waals surface area contributed by atoms with Crippen LogP contribution in [0.4, 0.5) is 5.69 Å². The number of hydrogen-bond acceptors (Lipinski definition) is 6. The molecule has 0 saturated carbocycles. The average molecular weight is 525 g/mol. The van der Waals surface area contributed by atoms with Crippen molar-refractivity contribution in [2.75, 3.05) is 19.0 Å². The number of carbonyl (C=O) groups excluding carboxylic acids is 2. The molecule has 0 aliphatic rings. The van der Waals surface area contributed by atoms with Crippen LogP contribution in [0.1, 0.15) is 18.1 Å². The Morgan fingerprint density at radius 2 is 1.69 bits per heavy atom. The van der Waals surface area contributed by atoms with Crippen molar-refractivity contribution in [3.05, 3.63) is 64.7 Å². The van der Waals surface area contributed by atoms with Crippen molar-refractivity contribution in [1.82, 2.24) is 14.9 Å². The monoisotopic (exact) mass is 524 g/mol. The number of rotatable bonds is 11. The summed E-state index contributed by atoms with van der Waals surface area (Å²) >= 11 is 5.81. The van der Waals surface area contributed by atoms with E-state index in [2.05, 4.69) is 15.4 Å². The van der Waals surface area contributed by atoms with Crippen LogP contribution in [-0.4, -0.2) is 61.9 Å². The van der Waals surface area contributed by atoms with Gasteiger partial charge in [-0.2, -0.15) is 0 Å². The van der Waals surface area contributed by atoms with E-state index in [1.54, 1.807) is 48.5 Å². The molecule has 11 nitrogen and oxygen atoms in total. The van der Waals surface area contributed by atoms with Gasteiger partial charge in [0.2, 0.25) is 21.8 Å². The maximum atomic E-state index is 12.8. The molecule has 0 spiro atoms. The lowest BCUT2D eigenvalue weighted by molar-refractivity contribution is -0.140. The second-order valence-electron chi connectivity index (χ2n) is 7.82. The molecule has 0 aromatic heterocycles. The van der Waals surface area contributed by atoms with Crippen molar-refractivity contribution in [2.24, 2.45) is 5.73 Å². The minimum atomic E-state index is -3.97. The summed E-state index contributed by atoms with van der Waals surface area (Å²) in [5.41, 5.74) is 7.13. The Labute approximate surface area is 209 Å². The van der Waals surface area contributed by atoms with Gasteiger partial charge >= 0.3 is 0 Å². The van der Waals surface area contributed by atoms with E-state index in [0.29, 0.717) is 16.3 Å². The number of amides is 2. The number of guanidine groups is 1. The molecule has 0 radical (unpaired) electrons. The molecule has 0 unspecified atom stereocenters. The number of sulfonamides is 1. The summed E-state index contributed by atoms with van der Waals surface area (Å²) in [6.45, 7) is 0.893. The van der Waals surface area contributed by atoms with Gasteiger partial charge < -0.3 is 26.4 Å². The fourth-order valence-electron chi connectivity index (χ4n) is 3.04. The molecule has 2 rings (SSSR count). The van der Waals surface area contributed by atoms with Crippen molar-refractivity contribution >= 4 is 45.1 Å². The third-order valence-electron chi connectivity index (χ3n) is 5.08. The normalized spacial score (nSPS) is 12.9. The van der Waals surface area contributed by atoms with E-state index in [0.717, 1.165) is 10.5 Å². The van der Waals surface area contributed by atoms with E-state index >= 15 is 0 Å². The predicted octanol–water partition coefficient (Wildman–Crippen LogP) is 0.589. The van der Waals surface area contributed by atoms with E-state index in [1.165, 1.54) is 14.0 Å². The third kappa shape index (κ3) is 8.83. The lowest BCUT2D eigenvalue weighted by Crippen LogP contribution is -2.54. The number of anilines is 1. The quantitative estimate of drug-likeness (QED) is 0.184. The van der Waals surface area contributed by atoms with Crippen molar-refractivity contribution in [1.29, 1.82) is 5.41 Å². The first-order chi connectivity index (χ1) is 16.4. The Morgan fingerprint density at radius 1 is 1.11 bits per heavy atom. The fourth-order valence-corrected chi connectivity index (χ4v) is 4.48. The van der Waals surface area contributed by atoms with E-state index in [1.807, 2.05) is 0 Å². The van der Waals surface area contributed by atoms with Crippen LogP contribution in [0.15, 0.2) is 48.5 Å². The fraction of sp³-hybridized carbons (Fsp3) is 0.318. The number of benzene rings is 2. The molecule has 0 aliphatic heterocycles. The zero-order chi connectivity index (χ0) is 26.2. The molecule has 0 aliphatic carbocycles. The number of nitrogens with one attached hydrogen (secondary N) is 4. The highest BCUT2D eigenvalue weighted by atomic mass is 35.5. The van der Waals surface area contributed by atoms with Crippen LogP contribution in [0.2, 0.25) is 5.02 Å². The summed E-state index contributed by atoms with van der Waals surface area (Å²) in [5.74, 6) is -1.82. The zero-order valence-corrected chi connectivity index (χ0v) is 20.9. The van der Waals surface area contributed by atoms with Gasteiger partial charge in [0.15, 0.2) is 5.96 Å². The lowest BCUT2D eigenvalue weighted by atomic mass is 10.2. The van der Waals surface area contributed by atoms with E-state index < -0.39 is 46.3 Å². The van der Waals surface area contributed by atoms with Gasteiger partial charge in [-0.1, -0.05) is 35.9 Å². The number of likely N-dealkylation sites (N-methyl/N-ethyl adjacent to an activating group) is 1. The average Bonchev–Trinajstić information content (AvgIpc) is 2.81. The number of carbonyl (C=O) groups is 2. The van der Waals surface area contributed by atoms with Gasteiger partial charge in [0.25, 0.3) is 0 Å². The molecule has 7 N–H and O–H groups in total. The van der Waals surface area contributed by atoms with Gasteiger partial charge in [0.1, 0.15) is 12.1 Å². The maximum absolute atomic E-state index is 12.8. The summed E-state index contributed by atoms with van der Waals surface area (Å²) in [5, 5.41) is 22.7. The summed E-state index contributed by atoms with van der Waals surface area (Å²) in [7, 11) is -2.62. The minimum Gasteiger partial charge on any atom is -0.394 e. The molecule has 0 saturated heterocycles. The number of aliphatic hydroxyl groups excluding tert-OH is 1. The van der Waals surface area contributed by atoms with Crippen LogP contribution >= 0.6 is 11.6 Å². The van der Waals surface area contributed by atoms with Crippen LogP contribution in [0.25, 0.3) is 0 Å². The van der Waals surface area contributed by atoms with Crippen LogP contribution in [0, 0.1) is 5.41 Å². The Kier molecular flexibility index (Phi) is 10.0. The summed E-state index contributed by atoms with van der Waals surface area (Å²) in [6, 6.07) is 10.7. The Bertz CT molecular complexity index is 1140. The first-order valence-electron chi connectivity index (χ1n) is 10.5. The van der Waals surface area contributed by atoms with Crippen LogP contribution in [-0.2, 0) is 31.9 Å². The van der Waals surface area contributed by atoms with Gasteiger partial charge in [0, 0.05) is 24.3 Å². The van der Waals surface area contributed by atoms with E-state index in [4.69, 9.17) is 22.7 Å². The highest BCUT2D eigenvalue weighted by Crippen LogP contribution is 2.13. The first kappa shape index (κ1) is 28.1. The van der Waals surface area contributed by atoms with E-state index in [-0.39, 0.29) is 12.5 Å². The van der Waals surface area contributed by atoms with Crippen molar-refractivity contribution in [3.8, 4) is 0 Å². The maximum Gasteiger partial charge on any atom is 0.243 e. The predicted molar refractivity (Wildman–Crippen MR) is 134 cm³/mol. The number of nitrogens with two attached hydrogens (primary N) is 1. The Balaban J connectivity index is 1.94. The summed E-state index contributed by atoms with van der Waals surface area (Å²) in [6.07, 6.45) is 0. The smallest absolute Gasteiger partial charge is 0.243 e. The molecular weight excluding hydrogens is 496 g/mol. The van der Waals surface area contributed by atoms with Crippen molar-refractivity contribution < 1.29 is 23.1 Å². The van der Waals surface area contributed by atoms with E-state index in [9.17, 15) is 23.1 Å². The number of aliphatic hydroxyl groups is 1. The lowest BCUT2D eigenvalue weighted by Gasteiger charge is -2.28. The molecule has 35 heavy (non-hydrogen) atoms. The van der Waals surface area contributed by atoms with Gasteiger partial charge in [0.05, 0.1) is 12.4 Å². The molecule has 2 atom stereocenters. The number of hydrogen-bond donors (Lipinski definition) is 6. The highest BCUT2D eigenvalue weighted by Gasteiger charge is 2.30. The Hall–Kier alpha value is -3.19. The Morgan fingerprint density at radius 3 is 2.23 bits per heavy atom. The van der Waals surface area contributed by atoms with Gasteiger partial charge in [-0.15, -0.1) is 0 Å². The molecule has 2 aromatic carbocycles. The molecular formula is C22H29ClN6O5S. The molecule has 0 heterocycles. The summed E-state index contributed by atoms with van der Waals surface area (Å²) < 4.78 is 27.2. The van der Waals surface area contributed by atoms with Crippen LogP contribution < -0.4 is 21.1 Å². The minimum absolute atomic E-state index is 0.183. The second-order valence-corrected chi connectivity index (χ2v) is 10.0. The molecule has 0 fully saturated rings. The molecule has 0 bridgehead atoms. The van der Waals surface area contributed by atoms with Crippen LogP contribution in [0.3, 0.4) is 0 Å². The van der Waals surface area contributed by atoms with Crippen molar-refractivity contribution in [3.63, 3.8) is 0 Å². The van der Waals surface area contributed by atoms with Gasteiger partial charge in [-0.25, -0.2) is 13.1 Å². The SMILES string of the molecule is C[C@@H](C(=O)NCc1ccc(NC(=N)N)cc1)N(C)C(=O)[C@@H](CO)NS(=O)(=O)Cc1ccc(Cl)cc1. The molecule has 2 amide bonds. The standard InChI is InChI=1S/C22H29ClN6O5S/c1-14(20(31)26-11-15-5-9-18(10-6-15)27-22(24)25)29(2)21(32)19(12-30)28-35(33,34)13-16-3-7-17(23)8-4-16/h3-10,14,19,28,30H,11-13H2,1-2H3,(H,26,31)(H4,24,25,27)/t14-,19+/m0/s1. The molecule has 190 valence electrons. The van der Waals surface area contributed by atoms with Crippen molar-refractivity contribution in [2.45, 2.75) is 31.3 Å². The summed E-state index contributed by atoms with van der Waals surface area (Å²) in [4.78, 5) is 26.4. The highest BCUT2D eigenvalue weighted by molar-refractivity contribution is 7.88. The zero-order valence-electron chi connectivity index (χ0n) is 19.3. The van der Waals surface area contributed by atoms with Gasteiger partial charge in [-0.05, 0) is 42.3 Å². The molecule has 2 aromatic rings. The second kappa shape index (κ2) is 12.5. The first-order valence-corrected chi connectivity index (χ1v) is 12.5. The van der Waals surface area contributed by atoms with Gasteiger partial charge in [-0.3, -0.25) is 15.0 Å². The topological polar surface area (TPSA) is 178 Å². The number of halogens is 1. The largest absolute Gasteiger partial charge is 0.394 e. The van der Waals surface area contributed by atoms with Crippen LogP contribution in [0.5, 0.6) is 0 Å². The number of nitrogens with zero attached hydrogens (tertiary/aromatic N) is 1. The molecule has 13 heteroatoms.